The number of pyridine rings is 1. The van der Waals surface area contributed by atoms with Crippen molar-refractivity contribution >= 4 is 11.7 Å². The molecule has 0 bridgehead atoms. The van der Waals surface area contributed by atoms with Gasteiger partial charge in [-0.3, -0.25) is 9.78 Å². The Labute approximate surface area is 125 Å². The van der Waals surface area contributed by atoms with Gasteiger partial charge in [-0.15, -0.1) is 0 Å². The van der Waals surface area contributed by atoms with E-state index in [9.17, 15) is 4.79 Å². The minimum absolute atomic E-state index is 0.171. The summed E-state index contributed by atoms with van der Waals surface area (Å²) in [6, 6.07) is 14.3. The van der Waals surface area contributed by atoms with Gasteiger partial charge in [-0.2, -0.15) is 0 Å². The van der Waals surface area contributed by atoms with Gasteiger partial charge in [0.2, 0.25) is 0 Å². The third-order valence-electron chi connectivity index (χ3n) is 3.53. The maximum atomic E-state index is 10.7. The van der Waals surface area contributed by atoms with Crippen molar-refractivity contribution in [3.63, 3.8) is 0 Å². The fraction of sp³-hybridized carbons (Fsp3) is 0.294. The number of carbonyl (C=O) groups is 1. The van der Waals surface area contributed by atoms with Crippen LogP contribution in [0.2, 0.25) is 0 Å². The normalized spacial score (nSPS) is 11.9. The molecule has 0 saturated heterocycles. The van der Waals surface area contributed by atoms with Crippen molar-refractivity contribution in [1.82, 2.24) is 4.98 Å². The van der Waals surface area contributed by atoms with Crippen LogP contribution in [-0.4, -0.2) is 22.6 Å². The average Bonchev–Trinajstić information content (AvgIpc) is 2.52. The van der Waals surface area contributed by atoms with Crippen molar-refractivity contribution in [3.8, 4) is 0 Å². The van der Waals surface area contributed by atoms with E-state index < -0.39 is 5.97 Å². The predicted molar refractivity (Wildman–Crippen MR) is 83.3 cm³/mol. The van der Waals surface area contributed by atoms with Crippen LogP contribution >= 0.6 is 0 Å². The van der Waals surface area contributed by atoms with Crippen molar-refractivity contribution in [2.75, 3.05) is 11.4 Å². The van der Waals surface area contributed by atoms with Crippen molar-refractivity contribution in [3.05, 3.63) is 60.4 Å². The van der Waals surface area contributed by atoms with Gasteiger partial charge in [0.25, 0.3) is 0 Å². The van der Waals surface area contributed by atoms with Crippen LogP contribution in [0.5, 0.6) is 0 Å². The molecular formula is C17H20N2O2. The summed E-state index contributed by atoms with van der Waals surface area (Å²) in [5, 5.41) is 8.83. The average molecular weight is 284 g/mol. The summed E-state index contributed by atoms with van der Waals surface area (Å²) in [7, 11) is 0. The molecule has 0 aliphatic heterocycles. The first-order valence-electron chi connectivity index (χ1n) is 7.12. The summed E-state index contributed by atoms with van der Waals surface area (Å²) in [6.07, 6.45) is 4.38. The predicted octanol–water partition coefficient (Wildman–Crippen LogP) is 3.51. The Morgan fingerprint density at radius 3 is 2.48 bits per heavy atom. The summed E-state index contributed by atoms with van der Waals surface area (Å²) >= 11 is 0. The van der Waals surface area contributed by atoms with Crippen LogP contribution in [0.3, 0.4) is 0 Å². The Bertz CT molecular complexity index is 558. The number of carboxylic acid groups (broad SMARTS) is 1. The molecule has 1 N–H and O–H groups in total. The van der Waals surface area contributed by atoms with E-state index in [2.05, 4.69) is 28.9 Å². The SMILES string of the molecule is CC(c1ccncc1)N(CCCC(=O)O)c1ccccc1. The van der Waals surface area contributed by atoms with E-state index >= 15 is 0 Å². The highest BCUT2D eigenvalue weighted by atomic mass is 16.4. The number of anilines is 1. The van der Waals surface area contributed by atoms with E-state index in [4.69, 9.17) is 5.11 Å². The molecule has 21 heavy (non-hydrogen) atoms. The smallest absolute Gasteiger partial charge is 0.303 e. The van der Waals surface area contributed by atoms with Crippen molar-refractivity contribution < 1.29 is 9.90 Å². The molecule has 1 atom stereocenters. The van der Waals surface area contributed by atoms with Crippen LogP contribution in [0.1, 0.15) is 31.4 Å². The molecule has 0 amide bonds. The summed E-state index contributed by atoms with van der Waals surface area (Å²) in [6.45, 7) is 2.84. The third-order valence-corrected chi connectivity index (χ3v) is 3.53. The van der Waals surface area contributed by atoms with E-state index in [0.29, 0.717) is 13.0 Å². The van der Waals surface area contributed by atoms with Gasteiger partial charge in [-0.25, -0.2) is 0 Å². The Kier molecular flexibility index (Phi) is 5.32. The largest absolute Gasteiger partial charge is 0.481 e. The monoisotopic (exact) mass is 284 g/mol. The van der Waals surface area contributed by atoms with Gasteiger partial charge in [0, 0.05) is 31.0 Å². The maximum Gasteiger partial charge on any atom is 0.303 e. The van der Waals surface area contributed by atoms with Crippen LogP contribution in [0.4, 0.5) is 5.69 Å². The van der Waals surface area contributed by atoms with Gasteiger partial charge in [-0.05, 0) is 43.2 Å². The second-order valence-electron chi connectivity index (χ2n) is 4.98. The summed E-state index contributed by atoms with van der Waals surface area (Å²) < 4.78 is 0. The number of carboxylic acids is 1. The highest BCUT2D eigenvalue weighted by Gasteiger charge is 2.16. The van der Waals surface area contributed by atoms with Crippen LogP contribution < -0.4 is 4.90 Å². The van der Waals surface area contributed by atoms with E-state index in [-0.39, 0.29) is 12.5 Å². The van der Waals surface area contributed by atoms with Crippen LogP contribution in [0, 0.1) is 0 Å². The first-order valence-corrected chi connectivity index (χ1v) is 7.12. The summed E-state index contributed by atoms with van der Waals surface area (Å²) in [5.41, 5.74) is 2.27. The minimum Gasteiger partial charge on any atom is -0.481 e. The number of rotatable bonds is 7. The van der Waals surface area contributed by atoms with E-state index in [1.807, 2.05) is 30.3 Å². The lowest BCUT2D eigenvalue weighted by Crippen LogP contribution is -2.28. The molecule has 110 valence electrons. The number of hydrogen-bond acceptors (Lipinski definition) is 3. The van der Waals surface area contributed by atoms with Crippen molar-refractivity contribution in [2.24, 2.45) is 0 Å². The summed E-state index contributed by atoms with van der Waals surface area (Å²) in [4.78, 5) is 17.0. The second-order valence-corrected chi connectivity index (χ2v) is 4.98. The molecule has 4 heteroatoms. The molecule has 4 nitrogen and oxygen atoms in total. The van der Waals surface area contributed by atoms with Gasteiger partial charge < -0.3 is 10.0 Å². The summed E-state index contributed by atoms with van der Waals surface area (Å²) in [5.74, 6) is -0.750. The van der Waals surface area contributed by atoms with Crippen LogP contribution in [0.25, 0.3) is 0 Å². The molecule has 0 aliphatic rings. The second kappa shape index (κ2) is 7.43. The topological polar surface area (TPSA) is 53.4 Å². The number of nitrogens with zero attached hydrogens (tertiary/aromatic N) is 2. The number of para-hydroxylation sites is 1. The van der Waals surface area contributed by atoms with Crippen LogP contribution in [0.15, 0.2) is 54.9 Å². The van der Waals surface area contributed by atoms with E-state index in [1.54, 1.807) is 12.4 Å². The highest BCUT2D eigenvalue weighted by molar-refractivity contribution is 5.66. The van der Waals surface area contributed by atoms with Gasteiger partial charge in [0.15, 0.2) is 0 Å². The minimum atomic E-state index is -0.750. The quantitative estimate of drug-likeness (QED) is 0.845. The number of aromatic nitrogens is 1. The zero-order chi connectivity index (χ0) is 15.1. The fourth-order valence-electron chi connectivity index (χ4n) is 2.39. The Hall–Kier alpha value is -2.36. The third kappa shape index (κ3) is 4.31. The highest BCUT2D eigenvalue weighted by Crippen LogP contribution is 2.26. The molecule has 1 unspecified atom stereocenters. The molecule has 1 heterocycles. The molecule has 1 aromatic heterocycles. The molecular weight excluding hydrogens is 264 g/mol. The Balaban J connectivity index is 2.17. The molecule has 2 aromatic rings. The maximum absolute atomic E-state index is 10.7. The first kappa shape index (κ1) is 15.0. The molecule has 0 radical (unpaired) electrons. The fourth-order valence-corrected chi connectivity index (χ4v) is 2.39. The number of hydrogen-bond donors (Lipinski definition) is 1. The van der Waals surface area contributed by atoms with Gasteiger partial charge in [0.05, 0.1) is 6.04 Å². The van der Waals surface area contributed by atoms with Gasteiger partial charge >= 0.3 is 5.97 Å². The van der Waals surface area contributed by atoms with Gasteiger partial charge in [-0.1, -0.05) is 18.2 Å². The molecule has 0 saturated carbocycles. The Morgan fingerprint density at radius 1 is 1.19 bits per heavy atom. The molecule has 0 spiro atoms. The first-order chi connectivity index (χ1) is 10.2. The molecule has 2 rings (SSSR count). The zero-order valence-corrected chi connectivity index (χ0v) is 12.1. The molecule has 0 aliphatic carbocycles. The molecule has 1 aromatic carbocycles. The lowest BCUT2D eigenvalue weighted by Gasteiger charge is -2.31. The van der Waals surface area contributed by atoms with Crippen molar-refractivity contribution in [1.29, 1.82) is 0 Å². The van der Waals surface area contributed by atoms with Crippen molar-refractivity contribution in [2.45, 2.75) is 25.8 Å². The van der Waals surface area contributed by atoms with E-state index in [0.717, 1.165) is 5.69 Å². The van der Waals surface area contributed by atoms with Gasteiger partial charge in [0.1, 0.15) is 0 Å². The number of aliphatic carboxylic acids is 1. The lowest BCUT2D eigenvalue weighted by molar-refractivity contribution is -0.137. The number of benzene rings is 1. The Morgan fingerprint density at radius 2 is 1.86 bits per heavy atom. The van der Waals surface area contributed by atoms with Crippen LogP contribution in [-0.2, 0) is 4.79 Å². The molecule has 0 fully saturated rings. The zero-order valence-electron chi connectivity index (χ0n) is 12.1. The van der Waals surface area contributed by atoms with E-state index in [1.165, 1.54) is 5.56 Å². The lowest BCUT2D eigenvalue weighted by atomic mass is 10.1. The standard InChI is InChI=1S/C17H20N2O2/c1-14(15-9-11-18-12-10-15)19(13-5-8-17(20)21)16-6-3-2-4-7-16/h2-4,6-7,9-12,14H,5,8,13H2,1H3,(H,20,21).